The Morgan fingerprint density at radius 2 is 2.10 bits per heavy atom. The van der Waals surface area contributed by atoms with Gasteiger partial charge in [0.1, 0.15) is 5.75 Å². The highest BCUT2D eigenvalue weighted by Gasteiger charge is 2.20. The zero-order chi connectivity index (χ0) is 14.4. The van der Waals surface area contributed by atoms with Crippen LogP contribution < -0.4 is 10.1 Å². The first-order valence-corrected chi connectivity index (χ1v) is 7.89. The molecular formula is C17H28N2O. The summed E-state index contributed by atoms with van der Waals surface area (Å²) in [5.74, 6) is 1.05. The van der Waals surface area contributed by atoms with Gasteiger partial charge < -0.3 is 15.0 Å². The van der Waals surface area contributed by atoms with Crippen molar-refractivity contribution in [3.05, 3.63) is 29.3 Å². The van der Waals surface area contributed by atoms with E-state index in [4.69, 9.17) is 4.74 Å². The van der Waals surface area contributed by atoms with Crippen molar-refractivity contribution in [3.8, 4) is 5.75 Å². The van der Waals surface area contributed by atoms with Gasteiger partial charge in [0.2, 0.25) is 0 Å². The molecule has 0 saturated carbocycles. The van der Waals surface area contributed by atoms with Gasteiger partial charge in [-0.05, 0) is 49.5 Å². The van der Waals surface area contributed by atoms with Crippen molar-refractivity contribution in [1.82, 2.24) is 10.2 Å². The molecule has 1 aromatic rings. The molecule has 0 bridgehead atoms. The second-order valence-electron chi connectivity index (χ2n) is 5.52. The molecular weight excluding hydrogens is 248 g/mol. The van der Waals surface area contributed by atoms with E-state index in [9.17, 15) is 0 Å². The molecule has 0 heterocycles. The predicted molar refractivity (Wildman–Crippen MR) is 84.6 cm³/mol. The summed E-state index contributed by atoms with van der Waals surface area (Å²) in [7, 11) is 1.77. The third kappa shape index (κ3) is 3.74. The van der Waals surface area contributed by atoms with Crippen LogP contribution in [0.4, 0.5) is 0 Å². The van der Waals surface area contributed by atoms with Gasteiger partial charge in [-0.1, -0.05) is 26.0 Å². The number of rotatable bonds is 7. The molecule has 0 saturated heterocycles. The molecule has 3 heteroatoms. The lowest BCUT2D eigenvalue weighted by atomic mass is 9.87. The summed E-state index contributed by atoms with van der Waals surface area (Å²) in [6, 6.07) is 7.02. The fourth-order valence-corrected chi connectivity index (χ4v) is 3.09. The first-order chi connectivity index (χ1) is 9.78. The van der Waals surface area contributed by atoms with Crippen molar-refractivity contribution in [2.24, 2.45) is 0 Å². The summed E-state index contributed by atoms with van der Waals surface area (Å²) < 4.78 is 5.50. The van der Waals surface area contributed by atoms with Gasteiger partial charge in [-0.25, -0.2) is 0 Å². The summed E-state index contributed by atoms with van der Waals surface area (Å²) in [4.78, 5) is 2.46. The van der Waals surface area contributed by atoms with Crippen LogP contribution in [0, 0.1) is 0 Å². The van der Waals surface area contributed by atoms with Gasteiger partial charge in [-0.15, -0.1) is 0 Å². The summed E-state index contributed by atoms with van der Waals surface area (Å²) in [5.41, 5.74) is 2.87. The van der Waals surface area contributed by atoms with Gasteiger partial charge in [0, 0.05) is 19.1 Å². The quantitative estimate of drug-likeness (QED) is 0.828. The number of ether oxygens (including phenoxy) is 1. The van der Waals surface area contributed by atoms with E-state index in [1.54, 1.807) is 7.11 Å². The van der Waals surface area contributed by atoms with Crippen LogP contribution in [0.15, 0.2) is 18.2 Å². The first-order valence-electron chi connectivity index (χ1n) is 7.89. The first kappa shape index (κ1) is 15.3. The van der Waals surface area contributed by atoms with Gasteiger partial charge in [0.25, 0.3) is 0 Å². The van der Waals surface area contributed by atoms with E-state index in [1.807, 2.05) is 0 Å². The SMILES string of the molecule is CCN(CC)CCNC1CCc2cccc(OC)c2C1. The van der Waals surface area contributed by atoms with Crippen LogP contribution in [0.2, 0.25) is 0 Å². The number of fused-ring (bicyclic) bond motifs is 1. The van der Waals surface area contributed by atoms with Crippen LogP contribution in [-0.2, 0) is 12.8 Å². The number of hydrogen-bond donors (Lipinski definition) is 1. The molecule has 1 unspecified atom stereocenters. The molecule has 1 aromatic carbocycles. The molecule has 1 atom stereocenters. The van der Waals surface area contributed by atoms with Gasteiger partial charge in [0.15, 0.2) is 0 Å². The number of aryl methyl sites for hydroxylation is 1. The maximum Gasteiger partial charge on any atom is 0.122 e. The van der Waals surface area contributed by atoms with E-state index in [0.29, 0.717) is 6.04 Å². The Hall–Kier alpha value is -1.06. The van der Waals surface area contributed by atoms with Gasteiger partial charge in [-0.2, -0.15) is 0 Å². The Morgan fingerprint density at radius 1 is 1.30 bits per heavy atom. The standard InChI is InChI=1S/C17H28N2O/c1-4-19(5-2)12-11-18-15-10-9-14-7-6-8-17(20-3)16(14)13-15/h6-8,15,18H,4-5,9-13H2,1-3H3. The molecule has 112 valence electrons. The summed E-state index contributed by atoms with van der Waals surface area (Å²) in [6.45, 7) is 8.95. The van der Waals surface area contributed by atoms with Crippen molar-refractivity contribution in [2.45, 2.75) is 39.2 Å². The average molecular weight is 276 g/mol. The Bertz CT molecular complexity index is 401. The highest BCUT2D eigenvalue weighted by atomic mass is 16.5. The lowest BCUT2D eigenvalue weighted by Gasteiger charge is -2.28. The highest BCUT2D eigenvalue weighted by Crippen LogP contribution is 2.29. The van der Waals surface area contributed by atoms with E-state index in [1.165, 1.54) is 17.5 Å². The molecule has 0 aliphatic heterocycles. The van der Waals surface area contributed by atoms with Crippen LogP contribution in [0.25, 0.3) is 0 Å². The molecule has 0 radical (unpaired) electrons. The van der Waals surface area contributed by atoms with Crippen LogP contribution in [-0.4, -0.2) is 44.2 Å². The zero-order valence-corrected chi connectivity index (χ0v) is 13.1. The lowest BCUT2D eigenvalue weighted by molar-refractivity contribution is 0.292. The van der Waals surface area contributed by atoms with Gasteiger partial charge >= 0.3 is 0 Å². The van der Waals surface area contributed by atoms with E-state index < -0.39 is 0 Å². The smallest absolute Gasteiger partial charge is 0.122 e. The molecule has 20 heavy (non-hydrogen) atoms. The Morgan fingerprint density at radius 3 is 2.80 bits per heavy atom. The summed E-state index contributed by atoms with van der Waals surface area (Å²) in [5, 5.41) is 3.72. The molecule has 0 aromatic heterocycles. The lowest BCUT2D eigenvalue weighted by Crippen LogP contribution is -2.40. The summed E-state index contributed by atoms with van der Waals surface area (Å²) in [6.07, 6.45) is 3.49. The molecule has 1 aliphatic rings. The van der Waals surface area contributed by atoms with Gasteiger partial charge in [-0.3, -0.25) is 0 Å². The second kappa shape index (κ2) is 7.65. The zero-order valence-electron chi connectivity index (χ0n) is 13.1. The fourth-order valence-electron chi connectivity index (χ4n) is 3.09. The van der Waals surface area contributed by atoms with E-state index >= 15 is 0 Å². The average Bonchev–Trinajstić information content (AvgIpc) is 2.51. The van der Waals surface area contributed by atoms with Crippen molar-refractivity contribution in [1.29, 1.82) is 0 Å². The minimum absolute atomic E-state index is 0.592. The van der Waals surface area contributed by atoms with Crippen LogP contribution in [0.3, 0.4) is 0 Å². The van der Waals surface area contributed by atoms with Crippen molar-refractivity contribution < 1.29 is 4.74 Å². The molecule has 1 N–H and O–H groups in total. The molecule has 0 fully saturated rings. The molecule has 2 rings (SSSR count). The third-order valence-electron chi connectivity index (χ3n) is 4.42. The molecule has 1 aliphatic carbocycles. The molecule has 0 spiro atoms. The number of methoxy groups -OCH3 is 1. The number of hydrogen-bond acceptors (Lipinski definition) is 3. The topological polar surface area (TPSA) is 24.5 Å². The molecule has 3 nitrogen and oxygen atoms in total. The predicted octanol–water partition coefficient (Wildman–Crippen LogP) is 2.48. The number of likely N-dealkylation sites (N-methyl/N-ethyl adjacent to an activating group) is 1. The maximum atomic E-state index is 5.50. The van der Waals surface area contributed by atoms with Crippen molar-refractivity contribution in [2.75, 3.05) is 33.3 Å². The van der Waals surface area contributed by atoms with E-state index in [-0.39, 0.29) is 0 Å². The maximum absolute atomic E-state index is 5.50. The Kier molecular flexibility index (Phi) is 5.86. The van der Waals surface area contributed by atoms with E-state index in [2.05, 4.69) is 42.3 Å². The minimum Gasteiger partial charge on any atom is -0.496 e. The Balaban J connectivity index is 1.87. The van der Waals surface area contributed by atoms with Crippen LogP contribution in [0.1, 0.15) is 31.4 Å². The number of benzene rings is 1. The number of nitrogens with one attached hydrogen (secondary N) is 1. The van der Waals surface area contributed by atoms with Crippen molar-refractivity contribution >= 4 is 0 Å². The molecule has 0 amide bonds. The van der Waals surface area contributed by atoms with E-state index in [0.717, 1.165) is 44.8 Å². The largest absolute Gasteiger partial charge is 0.496 e. The van der Waals surface area contributed by atoms with Crippen LogP contribution >= 0.6 is 0 Å². The summed E-state index contributed by atoms with van der Waals surface area (Å²) >= 11 is 0. The normalized spacial score (nSPS) is 18.1. The monoisotopic (exact) mass is 276 g/mol. The highest BCUT2D eigenvalue weighted by molar-refractivity contribution is 5.42. The fraction of sp³-hybridized carbons (Fsp3) is 0.647. The second-order valence-corrected chi connectivity index (χ2v) is 5.52. The van der Waals surface area contributed by atoms with Gasteiger partial charge in [0.05, 0.1) is 7.11 Å². The number of nitrogens with zero attached hydrogens (tertiary/aromatic N) is 1. The Labute approximate surface area is 123 Å². The van der Waals surface area contributed by atoms with Crippen molar-refractivity contribution in [3.63, 3.8) is 0 Å². The third-order valence-corrected chi connectivity index (χ3v) is 4.42. The van der Waals surface area contributed by atoms with Crippen LogP contribution in [0.5, 0.6) is 5.75 Å². The minimum atomic E-state index is 0.592.